The zero-order valence-corrected chi connectivity index (χ0v) is 9.81. The van der Waals surface area contributed by atoms with Crippen LogP contribution in [-0.4, -0.2) is 65.9 Å². The number of amides is 2. The van der Waals surface area contributed by atoms with E-state index in [1.54, 1.807) is 11.8 Å². The first-order chi connectivity index (χ1) is 7.58. The Bertz CT molecular complexity index is 262. The topological polar surface area (TPSA) is 53.0 Å². The predicted octanol–water partition coefficient (Wildman–Crippen LogP) is 0.285. The van der Waals surface area contributed by atoms with Gasteiger partial charge in [-0.25, -0.2) is 4.79 Å². The number of β-amino-alcohol motifs (C(OH)–C–C–N with tert-alkyl or cyclic N) is 1. The molecule has 2 rings (SSSR count). The molecule has 0 aromatic carbocycles. The third-order valence-electron chi connectivity index (χ3n) is 3.23. The van der Waals surface area contributed by atoms with Crippen LogP contribution in [0.3, 0.4) is 0 Å². The summed E-state index contributed by atoms with van der Waals surface area (Å²) in [5.41, 5.74) is -0.722. The Morgan fingerprint density at radius 2 is 1.94 bits per heavy atom. The van der Waals surface area contributed by atoms with E-state index in [-0.39, 0.29) is 6.03 Å². The average Bonchev–Trinajstić information content (AvgIpc) is 2.28. The van der Waals surface area contributed by atoms with Gasteiger partial charge in [0.1, 0.15) is 0 Å². The molecule has 0 aliphatic carbocycles. The van der Waals surface area contributed by atoms with Gasteiger partial charge in [0, 0.05) is 19.6 Å². The summed E-state index contributed by atoms with van der Waals surface area (Å²) in [6.07, 6.45) is 1.66. The molecule has 5 nitrogen and oxygen atoms in total. The van der Waals surface area contributed by atoms with Crippen LogP contribution in [0.25, 0.3) is 0 Å². The number of ether oxygens (including phenoxy) is 1. The van der Waals surface area contributed by atoms with E-state index in [4.69, 9.17) is 4.74 Å². The van der Waals surface area contributed by atoms with Crippen LogP contribution < -0.4 is 0 Å². The van der Waals surface area contributed by atoms with Crippen molar-refractivity contribution in [3.05, 3.63) is 0 Å². The number of aliphatic hydroxyl groups is 1. The maximum absolute atomic E-state index is 12.1. The predicted molar refractivity (Wildman–Crippen MR) is 59.2 cm³/mol. The van der Waals surface area contributed by atoms with Crippen LogP contribution in [-0.2, 0) is 4.74 Å². The summed E-state index contributed by atoms with van der Waals surface area (Å²) in [5, 5.41) is 9.96. The molecular formula is C11H20N2O3. The van der Waals surface area contributed by atoms with E-state index >= 15 is 0 Å². The number of likely N-dealkylation sites (tertiary alicyclic amines) is 1. The van der Waals surface area contributed by atoms with E-state index in [1.165, 1.54) is 0 Å². The van der Waals surface area contributed by atoms with Gasteiger partial charge in [-0.2, -0.15) is 0 Å². The average molecular weight is 228 g/mol. The number of piperidine rings is 1. The Hall–Kier alpha value is -0.810. The molecule has 2 amide bonds. The minimum Gasteiger partial charge on any atom is -0.388 e. The van der Waals surface area contributed by atoms with Gasteiger partial charge in [0.2, 0.25) is 0 Å². The van der Waals surface area contributed by atoms with Crippen molar-refractivity contribution in [2.45, 2.75) is 25.4 Å². The minimum absolute atomic E-state index is 0.0447. The Morgan fingerprint density at radius 1 is 1.25 bits per heavy atom. The molecule has 0 aromatic heterocycles. The van der Waals surface area contributed by atoms with Gasteiger partial charge in [-0.05, 0) is 19.8 Å². The molecule has 0 aromatic rings. The number of nitrogens with zero attached hydrogens (tertiary/aromatic N) is 2. The van der Waals surface area contributed by atoms with Crippen LogP contribution in [0.1, 0.15) is 19.8 Å². The molecule has 2 aliphatic rings. The molecule has 5 heteroatoms. The molecule has 1 N–H and O–H groups in total. The molecule has 0 spiro atoms. The second-order valence-electron chi connectivity index (χ2n) is 4.90. The van der Waals surface area contributed by atoms with Crippen molar-refractivity contribution in [3.8, 4) is 0 Å². The Labute approximate surface area is 96.0 Å². The fourth-order valence-electron chi connectivity index (χ4n) is 2.34. The minimum atomic E-state index is -0.722. The molecule has 0 radical (unpaired) electrons. The van der Waals surface area contributed by atoms with E-state index in [2.05, 4.69) is 0 Å². The van der Waals surface area contributed by atoms with E-state index < -0.39 is 5.60 Å². The number of morpholine rings is 1. The lowest BCUT2D eigenvalue weighted by Crippen LogP contribution is -2.54. The number of carbonyl (C=O) groups is 1. The van der Waals surface area contributed by atoms with Gasteiger partial charge in [-0.1, -0.05) is 0 Å². The lowest BCUT2D eigenvalue weighted by molar-refractivity contribution is -0.0146. The van der Waals surface area contributed by atoms with Crippen molar-refractivity contribution in [3.63, 3.8) is 0 Å². The van der Waals surface area contributed by atoms with Crippen LogP contribution >= 0.6 is 0 Å². The highest BCUT2D eigenvalue weighted by atomic mass is 16.5. The molecular weight excluding hydrogens is 208 g/mol. The standard InChI is InChI=1S/C11H20N2O3/c1-11(15)3-2-4-13(9-11)10(14)12-5-7-16-8-6-12/h15H,2-9H2,1H3. The highest BCUT2D eigenvalue weighted by Crippen LogP contribution is 2.21. The van der Waals surface area contributed by atoms with Crippen molar-refractivity contribution >= 4 is 6.03 Å². The fraction of sp³-hybridized carbons (Fsp3) is 0.909. The summed E-state index contributed by atoms with van der Waals surface area (Å²) in [6.45, 7) is 5.57. The van der Waals surface area contributed by atoms with E-state index in [9.17, 15) is 9.90 Å². The summed E-state index contributed by atoms with van der Waals surface area (Å²) in [7, 11) is 0. The van der Waals surface area contributed by atoms with Gasteiger partial charge in [0.05, 0.1) is 25.4 Å². The van der Waals surface area contributed by atoms with Gasteiger partial charge < -0.3 is 19.6 Å². The van der Waals surface area contributed by atoms with E-state index in [1.807, 2.05) is 4.90 Å². The summed E-state index contributed by atoms with van der Waals surface area (Å²) >= 11 is 0. The molecule has 2 saturated heterocycles. The smallest absolute Gasteiger partial charge is 0.320 e. The number of hydrogen-bond acceptors (Lipinski definition) is 3. The quantitative estimate of drug-likeness (QED) is 0.648. The van der Waals surface area contributed by atoms with E-state index in [0.717, 1.165) is 19.4 Å². The number of urea groups is 1. The monoisotopic (exact) mass is 228 g/mol. The van der Waals surface area contributed by atoms with Crippen LogP contribution in [0.5, 0.6) is 0 Å². The maximum atomic E-state index is 12.1. The molecule has 1 atom stereocenters. The Kier molecular flexibility index (Phi) is 3.35. The lowest BCUT2D eigenvalue weighted by atomic mass is 9.95. The Balaban J connectivity index is 1.93. The van der Waals surface area contributed by atoms with Crippen molar-refractivity contribution in [2.75, 3.05) is 39.4 Å². The van der Waals surface area contributed by atoms with Gasteiger partial charge in [0.25, 0.3) is 0 Å². The molecule has 1 unspecified atom stereocenters. The molecule has 2 fully saturated rings. The van der Waals surface area contributed by atoms with Gasteiger partial charge in [0.15, 0.2) is 0 Å². The zero-order valence-electron chi connectivity index (χ0n) is 9.81. The SMILES string of the molecule is CC1(O)CCCN(C(=O)N2CCOCC2)C1. The molecule has 2 heterocycles. The zero-order chi connectivity index (χ0) is 11.6. The third-order valence-corrected chi connectivity index (χ3v) is 3.23. The summed E-state index contributed by atoms with van der Waals surface area (Å²) in [5.74, 6) is 0. The number of carbonyl (C=O) groups excluding carboxylic acids is 1. The second-order valence-corrected chi connectivity index (χ2v) is 4.90. The largest absolute Gasteiger partial charge is 0.388 e. The van der Waals surface area contributed by atoms with Crippen molar-refractivity contribution in [2.24, 2.45) is 0 Å². The molecule has 2 aliphatic heterocycles. The Morgan fingerprint density at radius 3 is 2.56 bits per heavy atom. The lowest BCUT2D eigenvalue weighted by Gasteiger charge is -2.40. The molecule has 92 valence electrons. The molecule has 0 saturated carbocycles. The van der Waals surface area contributed by atoms with Gasteiger partial charge >= 0.3 is 6.03 Å². The highest BCUT2D eigenvalue weighted by molar-refractivity contribution is 5.74. The van der Waals surface area contributed by atoms with Crippen LogP contribution in [0.2, 0.25) is 0 Å². The first-order valence-electron chi connectivity index (χ1n) is 5.92. The van der Waals surface area contributed by atoms with Gasteiger partial charge in [-0.15, -0.1) is 0 Å². The van der Waals surface area contributed by atoms with E-state index in [0.29, 0.717) is 32.8 Å². The molecule has 0 bridgehead atoms. The van der Waals surface area contributed by atoms with Gasteiger partial charge in [-0.3, -0.25) is 0 Å². The normalized spacial score (nSPS) is 31.6. The van der Waals surface area contributed by atoms with Crippen LogP contribution in [0, 0.1) is 0 Å². The summed E-state index contributed by atoms with van der Waals surface area (Å²) in [4.78, 5) is 15.7. The summed E-state index contributed by atoms with van der Waals surface area (Å²) in [6, 6.07) is 0.0447. The van der Waals surface area contributed by atoms with Crippen molar-refractivity contribution in [1.82, 2.24) is 9.80 Å². The summed E-state index contributed by atoms with van der Waals surface area (Å²) < 4.78 is 5.22. The van der Waals surface area contributed by atoms with Crippen LogP contribution in [0.15, 0.2) is 0 Å². The first kappa shape index (κ1) is 11.7. The van der Waals surface area contributed by atoms with Crippen molar-refractivity contribution < 1.29 is 14.6 Å². The number of hydrogen-bond donors (Lipinski definition) is 1. The van der Waals surface area contributed by atoms with Crippen molar-refractivity contribution in [1.29, 1.82) is 0 Å². The van der Waals surface area contributed by atoms with Crippen LogP contribution in [0.4, 0.5) is 4.79 Å². The third kappa shape index (κ3) is 2.65. The first-order valence-corrected chi connectivity index (χ1v) is 5.92. The fourth-order valence-corrected chi connectivity index (χ4v) is 2.34. The highest BCUT2D eigenvalue weighted by Gasteiger charge is 2.33. The molecule has 16 heavy (non-hydrogen) atoms. The second kappa shape index (κ2) is 4.59. The maximum Gasteiger partial charge on any atom is 0.320 e. The number of rotatable bonds is 0.